The Hall–Kier alpha value is -3.03. The van der Waals surface area contributed by atoms with Gasteiger partial charge in [-0.15, -0.1) is 11.3 Å². The molecule has 140 valence electrons. The van der Waals surface area contributed by atoms with Crippen LogP contribution in [0, 0.1) is 0 Å². The number of hydrogen-bond acceptors (Lipinski definition) is 7. The maximum atomic E-state index is 5.47. The largest absolute Gasteiger partial charge is 0.378 e. The van der Waals surface area contributed by atoms with Crippen LogP contribution in [0.4, 0.5) is 16.6 Å². The van der Waals surface area contributed by atoms with E-state index < -0.39 is 0 Å². The molecule has 1 N–H and O–H groups in total. The van der Waals surface area contributed by atoms with E-state index in [9.17, 15) is 0 Å². The molecule has 0 amide bonds. The number of fused-ring (bicyclic) bond motifs is 1. The first-order valence-corrected chi connectivity index (χ1v) is 10.1. The van der Waals surface area contributed by atoms with Gasteiger partial charge in [0.2, 0.25) is 0 Å². The van der Waals surface area contributed by atoms with Gasteiger partial charge in [-0.05, 0) is 35.4 Å². The van der Waals surface area contributed by atoms with Gasteiger partial charge in [-0.1, -0.05) is 18.2 Å². The highest BCUT2D eigenvalue weighted by Gasteiger charge is 2.12. The van der Waals surface area contributed by atoms with Gasteiger partial charge >= 0.3 is 0 Å². The molecule has 4 aromatic rings. The van der Waals surface area contributed by atoms with E-state index in [1.165, 1.54) is 11.3 Å². The van der Waals surface area contributed by atoms with E-state index in [0.29, 0.717) is 0 Å². The van der Waals surface area contributed by atoms with E-state index in [4.69, 9.17) is 4.74 Å². The van der Waals surface area contributed by atoms with Gasteiger partial charge in [-0.2, -0.15) is 0 Å². The Kier molecular flexibility index (Phi) is 4.60. The Morgan fingerprint density at radius 3 is 2.71 bits per heavy atom. The Bertz CT molecular complexity index is 1090. The summed E-state index contributed by atoms with van der Waals surface area (Å²) in [7, 11) is 0. The zero-order chi connectivity index (χ0) is 18.8. The summed E-state index contributed by atoms with van der Waals surface area (Å²) in [5, 5.41) is 7.04. The average Bonchev–Trinajstić information content (AvgIpc) is 3.28. The van der Waals surface area contributed by atoms with Crippen molar-refractivity contribution in [3.05, 3.63) is 60.4 Å². The first-order chi connectivity index (χ1) is 13.9. The number of morpholine rings is 1. The smallest absolute Gasteiger partial charge is 0.188 e. The molecule has 0 saturated carbocycles. The topological polar surface area (TPSA) is 63.2 Å². The monoisotopic (exact) mass is 389 g/mol. The number of rotatable bonds is 4. The second kappa shape index (κ2) is 7.53. The molecule has 0 atom stereocenters. The van der Waals surface area contributed by atoms with E-state index in [0.717, 1.165) is 53.7 Å². The summed E-state index contributed by atoms with van der Waals surface area (Å²) < 4.78 is 5.47. The van der Waals surface area contributed by atoms with Gasteiger partial charge in [0.25, 0.3) is 0 Å². The van der Waals surface area contributed by atoms with Gasteiger partial charge in [0.05, 0.1) is 18.7 Å². The highest BCUT2D eigenvalue weighted by atomic mass is 32.1. The van der Waals surface area contributed by atoms with E-state index in [1.807, 2.05) is 11.4 Å². The summed E-state index contributed by atoms with van der Waals surface area (Å²) in [6.07, 6.45) is 3.36. The van der Waals surface area contributed by atoms with Crippen LogP contribution in [0.1, 0.15) is 0 Å². The molecule has 2 aromatic carbocycles. The molecule has 0 unspecified atom stereocenters. The maximum Gasteiger partial charge on any atom is 0.188 e. The Labute approximate surface area is 166 Å². The number of benzene rings is 2. The lowest BCUT2D eigenvalue weighted by atomic mass is 10.0. The third-order valence-corrected chi connectivity index (χ3v) is 5.54. The second-order valence-corrected chi connectivity index (χ2v) is 7.46. The highest BCUT2D eigenvalue weighted by Crippen LogP contribution is 2.30. The number of anilines is 3. The molecule has 3 heterocycles. The normalized spacial score (nSPS) is 14.4. The predicted octanol–water partition coefficient (Wildman–Crippen LogP) is 4.33. The fraction of sp³-hybridized carbons (Fsp3) is 0.190. The molecule has 2 aromatic heterocycles. The van der Waals surface area contributed by atoms with Crippen LogP contribution in [-0.4, -0.2) is 41.3 Å². The lowest BCUT2D eigenvalue weighted by Gasteiger charge is -2.29. The van der Waals surface area contributed by atoms with Crippen molar-refractivity contribution in [3.8, 4) is 11.1 Å². The van der Waals surface area contributed by atoms with Gasteiger partial charge in [0, 0.05) is 35.7 Å². The molecular weight excluding hydrogens is 370 g/mol. The number of ether oxygens (including phenoxy) is 1. The fourth-order valence-corrected chi connectivity index (χ4v) is 3.95. The Balaban J connectivity index is 1.52. The fourth-order valence-electron chi connectivity index (χ4n) is 3.43. The number of thiazole rings is 1. The van der Waals surface area contributed by atoms with Gasteiger partial charge in [-0.3, -0.25) is 0 Å². The molecule has 0 spiro atoms. The first kappa shape index (κ1) is 17.1. The van der Waals surface area contributed by atoms with Gasteiger partial charge in [0.1, 0.15) is 12.1 Å². The molecule has 6 nitrogen and oxygen atoms in total. The molecular formula is C21H19N5OS. The molecule has 0 radical (unpaired) electrons. The van der Waals surface area contributed by atoms with Crippen molar-refractivity contribution in [1.82, 2.24) is 15.0 Å². The highest BCUT2D eigenvalue weighted by molar-refractivity contribution is 7.13. The lowest BCUT2D eigenvalue weighted by Crippen LogP contribution is -2.36. The van der Waals surface area contributed by atoms with Crippen molar-refractivity contribution < 1.29 is 4.74 Å². The van der Waals surface area contributed by atoms with Gasteiger partial charge in [0.15, 0.2) is 5.13 Å². The average molecular weight is 389 g/mol. The number of nitrogens with one attached hydrogen (secondary N) is 1. The molecule has 0 aliphatic carbocycles. The number of hydrogen-bond donors (Lipinski definition) is 1. The third kappa shape index (κ3) is 3.42. The molecule has 5 rings (SSSR count). The predicted molar refractivity (Wildman–Crippen MR) is 113 cm³/mol. The number of aromatic nitrogens is 3. The Morgan fingerprint density at radius 2 is 1.86 bits per heavy atom. The molecule has 28 heavy (non-hydrogen) atoms. The van der Waals surface area contributed by atoms with Crippen molar-refractivity contribution in [3.63, 3.8) is 0 Å². The zero-order valence-corrected chi connectivity index (χ0v) is 16.0. The minimum absolute atomic E-state index is 0.770. The van der Waals surface area contributed by atoms with Crippen molar-refractivity contribution in [2.45, 2.75) is 0 Å². The molecule has 1 saturated heterocycles. The van der Waals surface area contributed by atoms with Crippen molar-refractivity contribution in [2.24, 2.45) is 0 Å². The molecule has 0 bridgehead atoms. The minimum atomic E-state index is 0.770. The van der Waals surface area contributed by atoms with Crippen LogP contribution in [-0.2, 0) is 4.74 Å². The van der Waals surface area contributed by atoms with Crippen LogP contribution in [0.15, 0.2) is 60.4 Å². The van der Waals surface area contributed by atoms with E-state index in [2.05, 4.69) is 61.6 Å². The molecule has 1 aliphatic heterocycles. The maximum absolute atomic E-state index is 5.47. The third-order valence-electron chi connectivity index (χ3n) is 4.85. The van der Waals surface area contributed by atoms with E-state index in [-0.39, 0.29) is 0 Å². The van der Waals surface area contributed by atoms with Crippen LogP contribution < -0.4 is 10.2 Å². The second-order valence-electron chi connectivity index (χ2n) is 6.57. The van der Waals surface area contributed by atoms with Crippen molar-refractivity contribution in [2.75, 3.05) is 36.5 Å². The summed E-state index contributed by atoms with van der Waals surface area (Å²) in [4.78, 5) is 15.5. The standard InChI is InChI=1S/C21H19N5OS/c1-2-15(12-17(3-1)26-7-9-27-10-8-26)16-4-5-19-18(13-16)20(24-14-23-19)25-21-22-6-11-28-21/h1-6,11-14H,7-10H2,(H,22,23,24,25). The lowest BCUT2D eigenvalue weighted by molar-refractivity contribution is 0.122. The van der Waals surface area contributed by atoms with Gasteiger partial charge < -0.3 is 15.0 Å². The van der Waals surface area contributed by atoms with Crippen LogP contribution >= 0.6 is 11.3 Å². The Morgan fingerprint density at radius 1 is 0.964 bits per heavy atom. The molecule has 1 fully saturated rings. The van der Waals surface area contributed by atoms with E-state index >= 15 is 0 Å². The minimum Gasteiger partial charge on any atom is -0.378 e. The first-order valence-electron chi connectivity index (χ1n) is 9.21. The quantitative estimate of drug-likeness (QED) is 0.560. The zero-order valence-electron chi connectivity index (χ0n) is 15.2. The van der Waals surface area contributed by atoms with Crippen LogP contribution in [0.3, 0.4) is 0 Å². The van der Waals surface area contributed by atoms with Crippen LogP contribution in [0.25, 0.3) is 22.0 Å². The summed E-state index contributed by atoms with van der Waals surface area (Å²) in [5.41, 5.74) is 4.45. The molecule has 1 aliphatic rings. The summed E-state index contributed by atoms with van der Waals surface area (Å²) in [6, 6.07) is 15.0. The summed E-state index contributed by atoms with van der Waals surface area (Å²) >= 11 is 1.55. The van der Waals surface area contributed by atoms with Crippen molar-refractivity contribution >= 4 is 38.9 Å². The van der Waals surface area contributed by atoms with E-state index in [1.54, 1.807) is 23.9 Å². The van der Waals surface area contributed by atoms with Crippen molar-refractivity contribution in [1.29, 1.82) is 0 Å². The number of nitrogens with zero attached hydrogens (tertiary/aromatic N) is 4. The van der Waals surface area contributed by atoms with Crippen LogP contribution in [0.5, 0.6) is 0 Å². The molecule has 7 heteroatoms. The SMILES string of the molecule is c1cc(-c2ccc3ncnc(Nc4nccs4)c3c2)cc(N2CCOCC2)c1. The summed E-state index contributed by atoms with van der Waals surface area (Å²) in [6.45, 7) is 3.42. The van der Waals surface area contributed by atoms with Crippen LogP contribution in [0.2, 0.25) is 0 Å². The summed E-state index contributed by atoms with van der Waals surface area (Å²) in [5.74, 6) is 0.770. The van der Waals surface area contributed by atoms with Gasteiger partial charge in [-0.25, -0.2) is 15.0 Å².